The predicted molar refractivity (Wildman–Crippen MR) is 59.4 cm³/mol. The molecule has 0 aliphatic carbocycles. The van der Waals surface area contributed by atoms with Crippen LogP contribution < -0.4 is 4.74 Å². The number of alkyl halides is 1. The number of halogens is 2. The van der Waals surface area contributed by atoms with Crippen LogP contribution in [-0.4, -0.2) is 7.11 Å². The van der Waals surface area contributed by atoms with Crippen molar-refractivity contribution in [3.63, 3.8) is 0 Å². The Balaban J connectivity index is 2.42. The molecule has 4 heteroatoms. The highest BCUT2D eigenvalue weighted by Gasteiger charge is 2.17. The van der Waals surface area contributed by atoms with E-state index in [0.29, 0.717) is 11.3 Å². The van der Waals surface area contributed by atoms with Gasteiger partial charge in [0.05, 0.1) is 25.0 Å². The van der Waals surface area contributed by atoms with Crippen LogP contribution in [0.1, 0.15) is 16.5 Å². The van der Waals surface area contributed by atoms with Gasteiger partial charge in [-0.05, 0) is 24.3 Å². The van der Waals surface area contributed by atoms with E-state index in [1.165, 1.54) is 31.8 Å². The standard InChI is InChI=1S/C12H10ClFO2/c1-15-11-3-2-9(14)6-10(11)12(13)8-4-5-16-7-8/h2-7,12H,1H3. The van der Waals surface area contributed by atoms with Crippen molar-refractivity contribution in [3.05, 3.63) is 53.7 Å². The second kappa shape index (κ2) is 4.58. The van der Waals surface area contributed by atoms with Gasteiger partial charge in [-0.15, -0.1) is 11.6 Å². The maximum atomic E-state index is 13.1. The fourth-order valence-electron chi connectivity index (χ4n) is 1.50. The lowest BCUT2D eigenvalue weighted by Crippen LogP contribution is -1.97. The van der Waals surface area contributed by atoms with Gasteiger partial charge in [0.25, 0.3) is 0 Å². The van der Waals surface area contributed by atoms with E-state index in [-0.39, 0.29) is 5.82 Å². The second-order valence-corrected chi connectivity index (χ2v) is 3.74. The zero-order valence-electron chi connectivity index (χ0n) is 8.61. The first kappa shape index (κ1) is 11.0. The maximum Gasteiger partial charge on any atom is 0.124 e. The first-order valence-corrected chi connectivity index (χ1v) is 5.15. The fraction of sp³-hybridized carbons (Fsp3) is 0.167. The smallest absolute Gasteiger partial charge is 0.124 e. The van der Waals surface area contributed by atoms with Crippen LogP contribution >= 0.6 is 11.6 Å². The third-order valence-electron chi connectivity index (χ3n) is 2.30. The van der Waals surface area contributed by atoms with Crippen LogP contribution in [0.4, 0.5) is 4.39 Å². The molecule has 1 aromatic carbocycles. The number of hydrogen-bond acceptors (Lipinski definition) is 2. The van der Waals surface area contributed by atoms with Gasteiger partial charge in [0, 0.05) is 11.1 Å². The van der Waals surface area contributed by atoms with Gasteiger partial charge in [-0.3, -0.25) is 0 Å². The molecule has 16 heavy (non-hydrogen) atoms. The van der Waals surface area contributed by atoms with Crippen LogP contribution in [0.15, 0.2) is 41.2 Å². The SMILES string of the molecule is COc1ccc(F)cc1C(Cl)c1ccoc1. The molecule has 0 amide bonds. The zero-order valence-corrected chi connectivity index (χ0v) is 9.37. The lowest BCUT2D eigenvalue weighted by atomic mass is 10.1. The average molecular weight is 241 g/mol. The molecule has 0 aliphatic heterocycles. The van der Waals surface area contributed by atoms with E-state index in [9.17, 15) is 4.39 Å². The Morgan fingerprint density at radius 1 is 1.38 bits per heavy atom. The van der Waals surface area contributed by atoms with Crippen LogP contribution in [0.3, 0.4) is 0 Å². The van der Waals surface area contributed by atoms with E-state index in [2.05, 4.69) is 0 Å². The Kier molecular flexibility index (Phi) is 3.15. The Morgan fingerprint density at radius 2 is 2.19 bits per heavy atom. The molecule has 0 spiro atoms. The second-order valence-electron chi connectivity index (χ2n) is 3.31. The van der Waals surface area contributed by atoms with Crippen LogP contribution in [0.25, 0.3) is 0 Å². The van der Waals surface area contributed by atoms with Crippen molar-refractivity contribution < 1.29 is 13.5 Å². The van der Waals surface area contributed by atoms with Gasteiger partial charge in [0.2, 0.25) is 0 Å². The summed E-state index contributed by atoms with van der Waals surface area (Å²) >= 11 is 6.22. The summed E-state index contributed by atoms with van der Waals surface area (Å²) in [5, 5.41) is -0.482. The molecule has 0 radical (unpaired) electrons. The third kappa shape index (κ3) is 2.04. The minimum absolute atomic E-state index is 0.343. The van der Waals surface area contributed by atoms with E-state index in [4.69, 9.17) is 20.8 Å². The number of rotatable bonds is 3. The summed E-state index contributed by atoms with van der Waals surface area (Å²) in [5.41, 5.74) is 1.36. The molecule has 1 heterocycles. The average Bonchev–Trinajstić information content (AvgIpc) is 2.81. The van der Waals surface area contributed by atoms with Crippen LogP contribution in [0, 0.1) is 5.82 Å². The highest BCUT2D eigenvalue weighted by atomic mass is 35.5. The van der Waals surface area contributed by atoms with E-state index < -0.39 is 5.38 Å². The highest BCUT2D eigenvalue weighted by Crippen LogP contribution is 2.35. The number of benzene rings is 1. The van der Waals surface area contributed by atoms with E-state index >= 15 is 0 Å². The Labute approximate surface area is 97.6 Å². The summed E-state index contributed by atoms with van der Waals surface area (Å²) in [6.45, 7) is 0. The van der Waals surface area contributed by atoms with Crippen molar-refractivity contribution in [2.24, 2.45) is 0 Å². The molecule has 0 bridgehead atoms. The molecule has 0 saturated carbocycles. The van der Waals surface area contributed by atoms with Crippen LogP contribution in [-0.2, 0) is 0 Å². The molecule has 0 saturated heterocycles. The lowest BCUT2D eigenvalue weighted by Gasteiger charge is -2.12. The Hall–Kier alpha value is -1.48. The van der Waals surface area contributed by atoms with Crippen molar-refractivity contribution in [1.29, 1.82) is 0 Å². The summed E-state index contributed by atoms with van der Waals surface area (Å²) in [6.07, 6.45) is 3.05. The third-order valence-corrected chi connectivity index (χ3v) is 2.79. The van der Waals surface area contributed by atoms with E-state index in [0.717, 1.165) is 5.56 Å². The van der Waals surface area contributed by atoms with Crippen molar-refractivity contribution >= 4 is 11.6 Å². The molecular weight excluding hydrogens is 231 g/mol. The van der Waals surface area contributed by atoms with Gasteiger partial charge in [0.15, 0.2) is 0 Å². The van der Waals surface area contributed by atoms with Gasteiger partial charge in [-0.2, -0.15) is 0 Å². The van der Waals surface area contributed by atoms with Gasteiger partial charge in [0.1, 0.15) is 11.6 Å². The molecule has 84 valence electrons. The molecule has 0 N–H and O–H groups in total. The van der Waals surface area contributed by atoms with Crippen molar-refractivity contribution in [1.82, 2.24) is 0 Å². The first-order chi connectivity index (χ1) is 7.72. The fourth-order valence-corrected chi connectivity index (χ4v) is 1.80. The van der Waals surface area contributed by atoms with Crippen LogP contribution in [0.5, 0.6) is 5.75 Å². The summed E-state index contributed by atoms with van der Waals surface area (Å²) < 4.78 is 23.2. The summed E-state index contributed by atoms with van der Waals surface area (Å²) in [5.74, 6) is 0.215. The maximum absolute atomic E-state index is 13.1. The van der Waals surface area contributed by atoms with Gasteiger partial charge >= 0.3 is 0 Å². The van der Waals surface area contributed by atoms with Crippen molar-refractivity contribution in [2.45, 2.75) is 5.38 Å². The molecular formula is C12H10ClFO2. The Bertz CT molecular complexity index is 468. The molecule has 1 aromatic heterocycles. The number of methoxy groups -OCH3 is 1. The van der Waals surface area contributed by atoms with Crippen LogP contribution in [0.2, 0.25) is 0 Å². The summed E-state index contributed by atoms with van der Waals surface area (Å²) in [7, 11) is 1.52. The number of furan rings is 1. The minimum Gasteiger partial charge on any atom is -0.496 e. The molecule has 2 rings (SSSR count). The topological polar surface area (TPSA) is 22.4 Å². The number of ether oxygens (including phenoxy) is 1. The zero-order chi connectivity index (χ0) is 11.5. The predicted octanol–water partition coefficient (Wildman–Crippen LogP) is 3.76. The highest BCUT2D eigenvalue weighted by molar-refractivity contribution is 6.22. The molecule has 0 fully saturated rings. The van der Waals surface area contributed by atoms with E-state index in [1.54, 1.807) is 12.1 Å². The molecule has 1 unspecified atom stereocenters. The van der Waals surface area contributed by atoms with Gasteiger partial charge in [-0.1, -0.05) is 0 Å². The lowest BCUT2D eigenvalue weighted by molar-refractivity contribution is 0.408. The van der Waals surface area contributed by atoms with E-state index in [1.807, 2.05) is 0 Å². The van der Waals surface area contributed by atoms with Gasteiger partial charge in [-0.25, -0.2) is 4.39 Å². The monoisotopic (exact) mass is 240 g/mol. The normalized spacial score (nSPS) is 12.4. The quantitative estimate of drug-likeness (QED) is 0.763. The number of hydrogen-bond donors (Lipinski definition) is 0. The summed E-state index contributed by atoms with van der Waals surface area (Å²) in [4.78, 5) is 0. The molecule has 2 nitrogen and oxygen atoms in total. The summed E-state index contributed by atoms with van der Waals surface area (Å²) in [6, 6.07) is 5.99. The largest absolute Gasteiger partial charge is 0.496 e. The molecule has 2 aromatic rings. The van der Waals surface area contributed by atoms with Crippen molar-refractivity contribution in [2.75, 3.05) is 7.11 Å². The Morgan fingerprint density at radius 3 is 2.81 bits per heavy atom. The molecule has 0 aliphatic rings. The first-order valence-electron chi connectivity index (χ1n) is 4.72. The minimum atomic E-state index is -0.482. The van der Waals surface area contributed by atoms with Crippen molar-refractivity contribution in [3.8, 4) is 5.75 Å². The molecule has 1 atom stereocenters. The van der Waals surface area contributed by atoms with Gasteiger partial charge < -0.3 is 9.15 Å².